The minimum Gasteiger partial charge on any atom is -0.478 e. The molecule has 9 heteroatoms. The van der Waals surface area contributed by atoms with Crippen LogP contribution in [-0.2, 0) is 14.4 Å². The highest BCUT2D eigenvalue weighted by Gasteiger charge is 2.34. The molecule has 0 saturated carbocycles. The van der Waals surface area contributed by atoms with Crippen molar-refractivity contribution in [2.45, 2.75) is 25.9 Å². The zero-order chi connectivity index (χ0) is 13.8. The lowest BCUT2D eigenvalue weighted by molar-refractivity contribution is -0.164. The topological polar surface area (TPSA) is 141 Å². The second kappa shape index (κ2) is 5.25. The molecule has 3 N–H and O–H groups in total. The molecule has 0 aliphatic carbocycles. The van der Waals surface area contributed by atoms with Gasteiger partial charge < -0.3 is 20.1 Å². The minimum absolute atomic E-state index is 0.157. The Morgan fingerprint density at radius 3 is 2.72 bits per heavy atom. The number of aldehydes is 1. The Hall–Kier alpha value is -2.45. The molecule has 0 fully saturated rings. The average molecular weight is 256 g/mol. The molecule has 1 unspecified atom stereocenters. The Labute approximate surface area is 102 Å². The van der Waals surface area contributed by atoms with Crippen molar-refractivity contribution in [2.75, 3.05) is 5.73 Å². The van der Waals surface area contributed by atoms with Crippen molar-refractivity contribution in [1.82, 2.24) is 10.2 Å². The van der Waals surface area contributed by atoms with Gasteiger partial charge in [0, 0.05) is 0 Å². The number of anilines is 1. The maximum atomic E-state index is 10.9. The summed E-state index contributed by atoms with van der Waals surface area (Å²) in [6.07, 6.45) is 0.453. The van der Waals surface area contributed by atoms with Crippen LogP contribution >= 0.6 is 0 Å². The third kappa shape index (κ3) is 2.81. The van der Waals surface area contributed by atoms with E-state index in [4.69, 9.17) is 20.1 Å². The Morgan fingerprint density at radius 2 is 2.33 bits per heavy atom. The van der Waals surface area contributed by atoms with E-state index in [0.717, 1.165) is 0 Å². The summed E-state index contributed by atoms with van der Waals surface area (Å²) in [5.74, 6) is -1.45. The van der Waals surface area contributed by atoms with Crippen LogP contribution in [0.25, 0.3) is 0 Å². The lowest BCUT2D eigenvalue weighted by Gasteiger charge is -2.19. The summed E-state index contributed by atoms with van der Waals surface area (Å²) in [4.78, 5) is 26.5. The monoisotopic (exact) mass is 256 g/mol. The van der Waals surface area contributed by atoms with Gasteiger partial charge in [0.1, 0.15) is 0 Å². The molecule has 0 amide bonds. The summed E-state index contributed by atoms with van der Waals surface area (Å²) in [5, 5.41) is 19.1. The average Bonchev–Trinajstić information content (AvgIpc) is 2.76. The van der Waals surface area contributed by atoms with Crippen LogP contribution in [0.4, 0.5) is 6.01 Å². The molecule has 9 nitrogen and oxygen atoms in total. The first-order chi connectivity index (χ1) is 8.42. The molecule has 0 bridgehead atoms. The van der Waals surface area contributed by atoms with Gasteiger partial charge in [-0.3, -0.25) is 4.79 Å². The molecule has 1 atom stereocenters. The second-order valence-corrected chi connectivity index (χ2v) is 3.52. The van der Waals surface area contributed by atoms with E-state index in [-0.39, 0.29) is 24.0 Å². The Balaban J connectivity index is 2.93. The summed E-state index contributed by atoms with van der Waals surface area (Å²) in [7, 11) is 0. The van der Waals surface area contributed by atoms with Crippen molar-refractivity contribution in [3.8, 4) is 0 Å². The summed E-state index contributed by atoms with van der Waals surface area (Å²) >= 11 is 0. The van der Waals surface area contributed by atoms with Crippen molar-refractivity contribution in [2.24, 2.45) is 5.16 Å². The fourth-order valence-corrected chi connectivity index (χ4v) is 0.854. The molecule has 18 heavy (non-hydrogen) atoms. The Morgan fingerprint density at radius 1 is 1.67 bits per heavy atom. The number of carboxylic acids is 1. The molecule has 0 aliphatic rings. The molecule has 1 aromatic rings. The predicted octanol–water partition coefficient (Wildman–Crippen LogP) is -0.175. The summed E-state index contributed by atoms with van der Waals surface area (Å²) < 4.78 is 4.76. The van der Waals surface area contributed by atoms with Crippen molar-refractivity contribution < 1.29 is 24.0 Å². The first-order valence-corrected chi connectivity index (χ1v) is 4.97. The molecular weight excluding hydrogens is 244 g/mol. The van der Waals surface area contributed by atoms with Crippen LogP contribution in [0.15, 0.2) is 9.57 Å². The molecule has 0 aromatic carbocycles. The van der Waals surface area contributed by atoms with Gasteiger partial charge in [0.2, 0.25) is 11.3 Å². The molecule has 0 aliphatic heterocycles. The van der Waals surface area contributed by atoms with Crippen LogP contribution in [0.1, 0.15) is 26.2 Å². The van der Waals surface area contributed by atoms with E-state index >= 15 is 0 Å². The SMILES string of the molecule is CCC(C)(O/N=C(\C=O)c1nnc(N)o1)C(=O)O. The highest BCUT2D eigenvalue weighted by atomic mass is 16.7. The Bertz CT molecular complexity index is 483. The van der Waals surface area contributed by atoms with E-state index in [2.05, 4.69) is 15.4 Å². The van der Waals surface area contributed by atoms with Gasteiger partial charge in [0.05, 0.1) is 0 Å². The van der Waals surface area contributed by atoms with Gasteiger partial charge in [-0.1, -0.05) is 17.2 Å². The molecule has 0 spiro atoms. The smallest absolute Gasteiger partial charge is 0.350 e. The van der Waals surface area contributed by atoms with E-state index in [9.17, 15) is 9.59 Å². The number of carbonyl (C=O) groups is 2. The van der Waals surface area contributed by atoms with Crippen LogP contribution in [0.3, 0.4) is 0 Å². The molecule has 1 aromatic heterocycles. The number of nitrogen functional groups attached to an aromatic ring is 1. The van der Waals surface area contributed by atoms with Crippen LogP contribution in [0.2, 0.25) is 0 Å². The molecule has 98 valence electrons. The summed E-state index contributed by atoms with van der Waals surface area (Å²) in [6.45, 7) is 2.93. The third-order valence-corrected chi connectivity index (χ3v) is 2.24. The number of nitrogens with zero attached hydrogens (tertiary/aromatic N) is 3. The molecule has 0 saturated heterocycles. The van der Waals surface area contributed by atoms with Gasteiger partial charge in [-0.05, 0) is 13.3 Å². The molecular formula is C9H12N4O5. The van der Waals surface area contributed by atoms with Crippen LogP contribution in [-0.4, -0.2) is 38.9 Å². The van der Waals surface area contributed by atoms with Gasteiger partial charge in [-0.15, -0.1) is 5.10 Å². The van der Waals surface area contributed by atoms with Gasteiger partial charge in [-0.25, -0.2) is 4.79 Å². The highest BCUT2D eigenvalue weighted by Crippen LogP contribution is 2.16. The zero-order valence-electron chi connectivity index (χ0n) is 9.78. The number of rotatable bonds is 6. The highest BCUT2D eigenvalue weighted by molar-refractivity contribution is 6.34. The maximum absolute atomic E-state index is 10.9. The number of hydrogen-bond acceptors (Lipinski definition) is 8. The molecule has 0 radical (unpaired) electrons. The first kappa shape index (κ1) is 13.6. The normalized spacial score (nSPS) is 14.9. The van der Waals surface area contributed by atoms with Crippen molar-refractivity contribution in [1.29, 1.82) is 0 Å². The van der Waals surface area contributed by atoms with E-state index in [1.165, 1.54) is 6.92 Å². The standard InChI is InChI=1S/C9H12N4O5/c1-3-9(2,7(15)16)18-13-5(4-14)6-11-12-8(10)17-6/h4H,3H2,1-2H3,(H2,10,12)(H,15,16)/b13-5+. The van der Waals surface area contributed by atoms with Gasteiger partial charge in [-0.2, -0.15) is 0 Å². The van der Waals surface area contributed by atoms with Crippen molar-refractivity contribution in [3.05, 3.63) is 5.89 Å². The maximum Gasteiger partial charge on any atom is 0.350 e. The van der Waals surface area contributed by atoms with Crippen molar-refractivity contribution in [3.63, 3.8) is 0 Å². The predicted molar refractivity (Wildman–Crippen MR) is 58.7 cm³/mol. The quantitative estimate of drug-likeness (QED) is 0.405. The lowest BCUT2D eigenvalue weighted by Crippen LogP contribution is -2.36. The van der Waals surface area contributed by atoms with Crippen molar-refractivity contribution >= 4 is 24.0 Å². The third-order valence-electron chi connectivity index (χ3n) is 2.24. The van der Waals surface area contributed by atoms with Crippen LogP contribution < -0.4 is 5.73 Å². The zero-order valence-corrected chi connectivity index (χ0v) is 9.78. The number of carbonyl (C=O) groups excluding carboxylic acids is 1. The number of carboxylic acid groups (broad SMARTS) is 1. The number of aliphatic carboxylic acids is 1. The van der Waals surface area contributed by atoms with Gasteiger partial charge in [0.25, 0.3) is 5.89 Å². The van der Waals surface area contributed by atoms with E-state index < -0.39 is 11.6 Å². The number of hydrogen-bond donors (Lipinski definition) is 2. The summed E-state index contributed by atoms with van der Waals surface area (Å²) in [6, 6.07) is -0.240. The van der Waals surface area contributed by atoms with Crippen LogP contribution in [0.5, 0.6) is 0 Å². The molecule has 1 rings (SSSR count). The Kier molecular flexibility index (Phi) is 3.97. The fraction of sp³-hybridized carbons (Fsp3) is 0.444. The largest absolute Gasteiger partial charge is 0.478 e. The van der Waals surface area contributed by atoms with Gasteiger partial charge >= 0.3 is 12.0 Å². The lowest BCUT2D eigenvalue weighted by atomic mass is 10.1. The number of aromatic nitrogens is 2. The fourth-order valence-electron chi connectivity index (χ4n) is 0.854. The van der Waals surface area contributed by atoms with E-state index in [1.54, 1.807) is 6.92 Å². The number of nitrogens with two attached hydrogens (primary N) is 1. The first-order valence-electron chi connectivity index (χ1n) is 4.97. The van der Waals surface area contributed by atoms with E-state index in [0.29, 0.717) is 6.29 Å². The molecule has 1 heterocycles. The van der Waals surface area contributed by atoms with Crippen LogP contribution in [0, 0.1) is 0 Å². The minimum atomic E-state index is -1.54. The second-order valence-electron chi connectivity index (χ2n) is 3.52. The van der Waals surface area contributed by atoms with E-state index in [1.807, 2.05) is 0 Å². The number of oxime groups is 1. The summed E-state index contributed by atoms with van der Waals surface area (Å²) in [5.41, 5.74) is 3.31. The van der Waals surface area contributed by atoms with Gasteiger partial charge in [0.15, 0.2) is 6.29 Å².